The van der Waals surface area contributed by atoms with Gasteiger partial charge in [-0.2, -0.15) is 0 Å². The quantitative estimate of drug-likeness (QED) is 0.873. The van der Waals surface area contributed by atoms with Crippen LogP contribution in [0.4, 0.5) is 0 Å². The average molecular weight is 250 g/mol. The smallest absolute Gasteiger partial charge is 0.119 e. The largest absolute Gasteiger partial charge is 0.493 e. The molecule has 0 fully saturated rings. The number of aliphatic hydroxyl groups is 1. The van der Waals surface area contributed by atoms with E-state index in [1.807, 2.05) is 18.2 Å². The second-order valence-electron chi connectivity index (χ2n) is 5.48. The molecule has 1 aromatic rings. The van der Waals surface area contributed by atoms with E-state index in [0.717, 1.165) is 30.6 Å². The number of hydrogen-bond donors (Lipinski definition) is 1. The van der Waals surface area contributed by atoms with Gasteiger partial charge in [0.25, 0.3) is 0 Å². The van der Waals surface area contributed by atoms with Crippen molar-refractivity contribution in [3.63, 3.8) is 0 Å². The van der Waals surface area contributed by atoms with Gasteiger partial charge in [0.2, 0.25) is 0 Å². The fraction of sp³-hybridized carbons (Fsp3) is 0.600. The molecule has 0 spiro atoms. The van der Waals surface area contributed by atoms with E-state index < -0.39 is 0 Å². The maximum Gasteiger partial charge on any atom is 0.119 e. The van der Waals surface area contributed by atoms with E-state index in [0.29, 0.717) is 6.61 Å². The van der Waals surface area contributed by atoms with E-state index in [4.69, 9.17) is 9.47 Å². The van der Waals surface area contributed by atoms with Gasteiger partial charge >= 0.3 is 0 Å². The third-order valence-corrected chi connectivity index (χ3v) is 3.69. The molecule has 1 atom stereocenters. The summed E-state index contributed by atoms with van der Waals surface area (Å²) >= 11 is 0. The fourth-order valence-electron chi connectivity index (χ4n) is 2.18. The molecule has 0 radical (unpaired) electrons. The molecule has 1 N–H and O–H groups in total. The van der Waals surface area contributed by atoms with Crippen LogP contribution < -0.4 is 4.74 Å². The maximum absolute atomic E-state index is 9.73. The molecule has 3 nitrogen and oxygen atoms in total. The Morgan fingerprint density at radius 3 is 2.89 bits per heavy atom. The zero-order chi connectivity index (χ0) is 13.2. The van der Waals surface area contributed by atoms with Gasteiger partial charge in [0.15, 0.2) is 0 Å². The van der Waals surface area contributed by atoms with E-state index in [9.17, 15) is 5.11 Å². The number of benzene rings is 1. The minimum Gasteiger partial charge on any atom is -0.493 e. The van der Waals surface area contributed by atoms with Gasteiger partial charge in [-0.3, -0.25) is 0 Å². The summed E-state index contributed by atoms with van der Waals surface area (Å²) in [6.45, 7) is 4.74. The molecule has 1 aromatic carbocycles. The summed E-state index contributed by atoms with van der Waals surface area (Å²) in [4.78, 5) is 0. The van der Waals surface area contributed by atoms with Crippen molar-refractivity contribution in [2.24, 2.45) is 0 Å². The molecule has 0 aromatic heterocycles. The zero-order valence-corrected chi connectivity index (χ0v) is 11.4. The normalized spacial score (nSPS) is 18.8. The van der Waals surface area contributed by atoms with Crippen LogP contribution in [0.5, 0.6) is 5.75 Å². The van der Waals surface area contributed by atoms with Crippen LogP contribution in [-0.2, 0) is 11.2 Å². The molecule has 0 aliphatic heterocycles. The Labute approximate surface area is 109 Å². The summed E-state index contributed by atoms with van der Waals surface area (Å²) < 4.78 is 11.1. The predicted molar refractivity (Wildman–Crippen MR) is 70.9 cm³/mol. The van der Waals surface area contributed by atoms with Gasteiger partial charge in [0, 0.05) is 13.5 Å². The van der Waals surface area contributed by atoms with Crippen molar-refractivity contribution < 1.29 is 14.6 Å². The second-order valence-corrected chi connectivity index (χ2v) is 5.48. The highest BCUT2D eigenvalue weighted by Crippen LogP contribution is 2.33. The van der Waals surface area contributed by atoms with Crippen molar-refractivity contribution in [3.8, 4) is 5.75 Å². The van der Waals surface area contributed by atoms with Crippen LogP contribution in [0.3, 0.4) is 0 Å². The first-order valence-corrected chi connectivity index (χ1v) is 6.51. The van der Waals surface area contributed by atoms with Crippen molar-refractivity contribution in [2.75, 3.05) is 13.7 Å². The molecule has 0 amide bonds. The predicted octanol–water partition coefficient (Wildman–Crippen LogP) is 2.86. The SMILES string of the molecule is COC(C)(C)CCOc1ccc2c(c1)CC[C@H]2O. The van der Waals surface area contributed by atoms with Crippen LogP contribution in [0.15, 0.2) is 18.2 Å². The summed E-state index contributed by atoms with van der Waals surface area (Å²) in [5.74, 6) is 0.884. The van der Waals surface area contributed by atoms with E-state index in [2.05, 4.69) is 13.8 Å². The Balaban J connectivity index is 1.92. The molecule has 2 rings (SSSR count). The molecule has 1 aliphatic carbocycles. The van der Waals surface area contributed by atoms with Crippen molar-refractivity contribution in [1.29, 1.82) is 0 Å². The third-order valence-electron chi connectivity index (χ3n) is 3.69. The summed E-state index contributed by atoms with van der Waals surface area (Å²) in [5, 5.41) is 9.73. The first-order chi connectivity index (χ1) is 8.52. The Kier molecular flexibility index (Phi) is 3.93. The molecular formula is C15H22O3. The molecule has 18 heavy (non-hydrogen) atoms. The van der Waals surface area contributed by atoms with Gasteiger partial charge < -0.3 is 14.6 Å². The molecule has 100 valence electrons. The lowest BCUT2D eigenvalue weighted by molar-refractivity contribution is 0.00545. The maximum atomic E-state index is 9.73. The van der Waals surface area contributed by atoms with Gasteiger partial charge in [-0.05, 0) is 49.9 Å². The summed E-state index contributed by atoms with van der Waals surface area (Å²) in [6, 6.07) is 5.96. The molecular weight excluding hydrogens is 228 g/mol. The molecule has 0 bridgehead atoms. The van der Waals surface area contributed by atoms with Gasteiger partial charge in [-0.15, -0.1) is 0 Å². The Morgan fingerprint density at radius 2 is 2.17 bits per heavy atom. The minimum atomic E-state index is -0.290. The van der Waals surface area contributed by atoms with E-state index in [-0.39, 0.29) is 11.7 Å². The number of hydrogen-bond acceptors (Lipinski definition) is 3. The number of fused-ring (bicyclic) bond motifs is 1. The van der Waals surface area contributed by atoms with Crippen molar-refractivity contribution in [1.82, 2.24) is 0 Å². The monoisotopic (exact) mass is 250 g/mol. The van der Waals surface area contributed by atoms with E-state index in [1.165, 1.54) is 5.56 Å². The van der Waals surface area contributed by atoms with Crippen molar-refractivity contribution >= 4 is 0 Å². The minimum absolute atomic E-state index is 0.146. The van der Waals surface area contributed by atoms with Crippen LogP contribution in [0.25, 0.3) is 0 Å². The first-order valence-electron chi connectivity index (χ1n) is 6.51. The number of rotatable bonds is 5. The standard InChI is InChI=1S/C15H22O3/c1-15(2,17-3)8-9-18-12-5-6-13-11(10-12)4-7-14(13)16/h5-6,10,14,16H,4,7-9H2,1-3H3/t14-/m1/s1. The molecule has 3 heteroatoms. The third kappa shape index (κ3) is 3.03. The first kappa shape index (κ1) is 13.4. The van der Waals surface area contributed by atoms with E-state index in [1.54, 1.807) is 7.11 Å². The van der Waals surface area contributed by atoms with Crippen LogP contribution >= 0.6 is 0 Å². The summed E-state index contributed by atoms with van der Waals surface area (Å²) in [5.41, 5.74) is 2.12. The van der Waals surface area contributed by atoms with Crippen LogP contribution in [0.2, 0.25) is 0 Å². The van der Waals surface area contributed by atoms with Gasteiger partial charge in [-0.1, -0.05) is 6.07 Å². The molecule has 0 saturated carbocycles. The lowest BCUT2D eigenvalue weighted by atomic mass is 10.1. The van der Waals surface area contributed by atoms with Crippen LogP contribution in [0.1, 0.15) is 43.9 Å². The molecule has 0 saturated heterocycles. The Morgan fingerprint density at radius 1 is 1.39 bits per heavy atom. The van der Waals surface area contributed by atoms with Crippen LogP contribution in [-0.4, -0.2) is 24.4 Å². The van der Waals surface area contributed by atoms with Crippen molar-refractivity contribution in [3.05, 3.63) is 29.3 Å². The Hall–Kier alpha value is -1.06. The number of methoxy groups -OCH3 is 1. The lowest BCUT2D eigenvalue weighted by Gasteiger charge is -2.22. The summed E-state index contributed by atoms with van der Waals surface area (Å²) in [6.07, 6.45) is 2.33. The van der Waals surface area contributed by atoms with Gasteiger partial charge in [0.05, 0.1) is 18.3 Å². The Bertz CT molecular complexity index is 412. The lowest BCUT2D eigenvalue weighted by Crippen LogP contribution is -2.25. The van der Waals surface area contributed by atoms with Gasteiger partial charge in [-0.25, -0.2) is 0 Å². The highest BCUT2D eigenvalue weighted by atomic mass is 16.5. The average Bonchev–Trinajstić information content (AvgIpc) is 2.71. The topological polar surface area (TPSA) is 38.7 Å². The number of aryl methyl sites for hydroxylation is 1. The number of aliphatic hydroxyl groups excluding tert-OH is 1. The van der Waals surface area contributed by atoms with E-state index >= 15 is 0 Å². The second kappa shape index (κ2) is 5.29. The molecule has 0 heterocycles. The molecule has 0 unspecified atom stereocenters. The molecule has 1 aliphatic rings. The van der Waals surface area contributed by atoms with Gasteiger partial charge in [0.1, 0.15) is 5.75 Å². The number of ether oxygens (including phenoxy) is 2. The highest BCUT2D eigenvalue weighted by Gasteiger charge is 2.20. The summed E-state index contributed by atoms with van der Waals surface area (Å²) in [7, 11) is 1.72. The fourth-order valence-corrected chi connectivity index (χ4v) is 2.18. The highest BCUT2D eigenvalue weighted by molar-refractivity contribution is 5.39. The zero-order valence-electron chi connectivity index (χ0n) is 11.4. The van der Waals surface area contributed by atoms with Crippen LogP contribution in [0, 0.1) is 0 Å². The van der Waals surface area contributed by atoms with Crippen molar-refractivity contribution in [2.45, 2.75) is 44.8 Å².